The van der Waals surface area contributed by atoms with Gasteiger partial charge < -0.3 is 0 Å². The minimum Gasteiger partial charge on any atom is -0.0669 e. The maximum absolute atomic E-state index is 2.76. The Morgan fingerprint density at radius 1 is 0.600 bits per heavy atom. The minimum atomic E-state index is 0.574. The van der Waals surface area contributed by atoms with Gasteiger partial charge in [0.05, 0.1) is 0 Å². The van der Waals surface area contributed by atoms with Gasteiger partial charge in [-0.1, -0.05) is 88.7 Å². The Hall–Kier alpha value is 0.0649. The van der Waals surface area contributed by atoms with Crippen LogP contribution in [-0.2, 0) is 0 Å². The van der Waals surface area contributed by atoms with Gasteiger partial charge in [-0.25, -0.2) is 0 Å². The van der Waals surface area contributed by atoms with Crippen molar-refractivity contribution in [3.8, 4) is 0 Å². The molecule has 15 heavy (non-hydrogen) atoms. The second kappa shape index (κ2) is 4.51. The van der Waals surface area contributed by atoms with E-state index >= 15 is 0 Å². The van der Waals surface area contributed by atoms with Crippen LogP contribution in [0.15, 0.2) is 0 Å². The van der Waals surface area contributed by atoms with Gasteiger partial charge >= 0.3 is 0 Å². The third-order valence-electron chi connectivity index (χ3n) is 4.69. The lowest BCUT2D eigenvalue weighted by atomic mass is 9.34. The summed E-state index contributed by atoms with van der Waals surface area (Å²) in [7, 11) is 2.76. The molecule has 0 bridgehead atoms. The zero-order valence-electron chi connectivity index (χ0n) is 10.6. The van der Waals surface area contributed by atoms with E-state index in [1.807, 2.05) is 0 Å². The molecule has 0 nitrogen and oxygen atoms in total. The summed E-state index contributed by atoms with van der Waals surface area (Å²) in [5, 5.41) is 1.15. The fraction of sp³-hybridized carbons (Fsp3) is 1.00. The third kappa shape index (κ3) is 3.01. The van der Waals surface area contributed by atoms with E-state index in [2.05, 4.69) is 21.1 Å². The summed E-state index contributed by atoms with van der Waals surface area (Å²) in [5.74, 6) is 0. The largest absolute Gasteiger partial charge is 0.125 e. The predicted octanol–water partition coefficient (Wildman–Crippen LogP) is 4.98. The van der Waals surface area contributed by atoms with Crippen LogP contribution in [0.4, 0.5) is 0 Å². The average molecular weight is 205 g/mol. The van der Waals surface area contributed by atoms with Crippen molar-refractivity contribution in [2.45, 2.75) is 88.7 Å². The van der Waals surface area contributed by atoms with Crippen molar-refractivity contribution in [1.82, 2.24) is 0 Å². The Morgan fingerprint density at radius 3 is 1.27 bits per heavy atom. The Bertz CT molecular complexity index is 175. The molecule has 2 aliphatic rings. The lowest BCUT2D eigenvalue weighted by Gasteiger charge is -2.43. The highest BCUT2D eigenvalue weighted by Crippen LogP contribution is 2.52. The summed E-state index contributed by atoms with van der Waals surface area (Å²) in [6, 6.07) is 0. The zero-order valence-corrected chi connectivity index (χ0v) is 10.6. The molecule has 1 radical (unpaired) electrons. The molecule has 2 saturated carbocycles. The van der Waals surface area contributed by atoms with E-state index in [9.17, 15) is 0 Å². The van der Waals surface area contributed by atoms with Crippen molar-refractivity contribution in [1.29, 1.82) is 0 Å². The fourth-order valence-electron chi connectivity index (χ4n) is 3.85. The topological polar surface area (TPSA) is 0 Å². The smallest absolute Gasteiger partial charge is 0.0669 e. The average Bonchev–Trinajstić information content (AvgIpc) is 2.18. The molecular formula is C14H26B. The lowest BCUT2D eigenvalue weighted by molar-refractivity contribution is 0.355. The van der Waals surface area contributed by atoms with Crippen molar-refractivity contribution >= 4 is 7.28 Å². The van der Waals surface area contributed by atoms with Gasteiger partial charge in [-0.05, 0) is 0 Å². The highest BCUT2D eigenvalue weighted by Gasteiger charge is 2.37. The van der Waals surface area contributed by atoms with Crippen LogP contribution in [0.25, 0.3) is 0 Å². The molecule has 0 spiro atoms. The summed E-state index contributed by atoms with van der Waals surface area (Å²) >= 11 is 0. The molecule has 0 aromatic rings. The van der Waals surface area contributed by atoms with E-state index in [1.54, 1.807) is 0 Å². The zero-order chi connectivity index (χ0) is 10.8. The molecule has 0 N–H and O–H groups in total. The Morgan fingerprint density at radius 2 is 0.933 bits per heavy atom. The molecule has 2 fully saturated rings. The third-order valence-corrected chi connectivity index (χ3v) is 4.69. The first kappa shape index (κ1) is 11.5. The van der Waals surface area contributed by atoms with Crippen LogP contribution in [0.1, 0.15) is 78.1 Å². The standard InChI is InChI=1S/C14H26B/c1-13(9-5-3-6-10-13)15-14(2)11-7-4-8-12-14/h3-12H2,1-2H3. The van der Waals surface area contributed by atoms with Crippen LogP contribution in [-0.4, -0.2) is 7.28 Å². The fourth-order valence-corrected chi connectivity index (χ4v) is 3.85. The molecule has 1 heteroatoms. The van der Waals surface area contributed by atoms with Crippen molar-refractivity contribution in [3.63, 3.8) is 0 Å². The van der Waals surface area contributed by atoms with Gasteiger partial charge in [-0.3, -0.25) is 0 Å². The van der Waals surface area contributed by atoms with Gasteiger partial charge in [0.2, 0.25) is 0 Å². The van der Waals surface area contributed by atoms with Crippen LogP contribution in [0, 0.1) is 0 Å². The minimum absolute atomic E-state index is 0.574. The molecule has 0 unspecified atom stereocenters. The maximum Gasteiger partial charge on any atom is 0.125 e. The Balaban J connectivity index is 1.93. The first-order valence-corrected chi connectivity index (χ1v) is 6.99. The second-order valence-corrected chi connectivity index (χ2v) is 6.57. The van der Waals surface area contributed by atoms with Gasteiger partial charge in [0, 0.05) is 0 Å². The predicted molar refractivity (Wildman–Crippen MR) is 68.7 cm³/mol. The maximum atomic E-state index is 2.76. The molecule has 0 amide bonds. The number of hydrogen-bond donors (Lipinski definition) is 0. The highest BCUT2D eigenvalue weighted by molar-refractivity contribution is 6.44. The van der Waals surface area contributed by atoms with Crippen LogP contribution in [0.2, 0.25) is 10.6 Å². The van der Waals surface area contributed by atoms with Crippen molar-refractivity contribution < 1.29 is 0 Å². The van der Waals surface area contributed by atoms with Gasteiger partial charge in [0.15, 0.2) is 0 Å². The molecule has 85 valence electrons. The summed E-state index contributed by atoms with van der Waals surface area (Å²) in [4.78, 5) is 0. The molecule has 2 aliphatic carbocycles. The van der Waals surface area contributed by atoms with Crippen molar-refractivity contribution in [3.05, 3.63) is 0 Å². The first-order valence-electron chi connectivity index (χ1n) is 6.99. The monoisotopic (exact) mass is 205 g/mol. The summed E-state index contributed by atoms with van der Waals surface area (Å²) in [6.45, 7) is 5.01. The van der Waals surface area contributed by atoms with E-state index in [1.165, 1.54) is 64.2 Å². The Labute approximate surface area is 96.5 Å². The highest BCUT2D eigenvalue weighted by atomic mass is 14.3. The first-order chi connectivity index (χ1) is 7.12. The van der Waals surface area contributed by atoms with Crippen molar-refractivity contribution in [2.24, 2.45) is 0 Å². The molecule has 0 atom stereocenters. The summed E-state index contributed by atoms with van der Waals surface area (Å²) < 4.78 is 0. The van der Waals surface area contributed by atoms with Crippen LogP contribution >= 0.6 is 0 Å². The number of rotatable bonds is 2. The molecule has 0 heterocycles. The molecule has 0 aromatic carbocycles. The lowest BCUT2D eigenvalue weighted by Crippen LogP contribution is -2.31. The van der Waals surface area contributed by atoms with Crippen LogP contribution < -0.4 is 0 Å². The van der Waals surface area contributed by atoms with E-state index in [0.717, 1.165) is 0 Å². The van der Waals surface area contributed by atoms with E-state index in [0.29, 0.717) is 10.6 Å². The normalized spacial score (nSPS) is 29.7. The molecular weight excluding hydrogens is 179 g/mol. The van der Waals surface area contributed by atoms with E-state index in [-0.39, 0.29) is 0 Å². The van der Waals surface area contributed by atoms with E-state index < -0.39 is 0 Å². The Kier molecular flexibility index (Phi) is 3.47. The molecule has 0 aromatic heterocycles. The van der Waals surface area contributed by atoms with Gasteiger partial charge in [0.1, 0.15) is 7.28 Å². The van der Waals surface area contributed by atoms with Crippen molar-refractivity contribution in [2.75, 3.05) is 0 Å². The van der Waals surface area contributed by atoms with Crippen LogP contribution in [0.5, 0.6) is 0 Å². The summed E-state index contributed by atoms with van der Waals surface area (Å²) in [5.41, 5.74) is 0. The quantitative estimate of drug-likeness (QED) is 0.558. The molecule has 0 saturated heterocycles. The molecule has 0 aliphatic heterocycles. The van der Waals surface area contributed by atoms with Gasteiger partial charge in [-0.2, -0.15) is 0 Å². The van der Waals surface area contributed by atoms with Crippen LogP contribution in [0.3, 0.4) is 0 Å². The SMILES string of the molecule is CC1([B]C2(C)CCCCC2)CCCCC1. The van der Waals surface area contributed by atoms with Gasteiger partial charge in [0.25, 0.3) is 0 Å². The molecule has 2 rings (SSSR count). The summed E-state index contributed by atoms with van der Waals surface area (Å²) in [6.07, 6.45) is 14.6. The second-order valence-electron chi connectivity index (χ2n) is 6.57. The van der Waals surface area contributed by atoms with Gasteiger partial charge in [-0.15, -0.1) is 0 Å². The number of hydrogen-bond acceptors (Lipinski definition) is 0. The van der Waals surface area contributed by atoms with E-state index in [4.69, 9.17) is 0 Å².